The van der Waals surface area contributed by atoms with E-state index in [9.17, 15) is 14.4 Å². The van der Waals surface area contributed by atoms with Crippen molar-refractivity contribution in [3.63, 3.8) is 0 Å². The van der Waals surface area contributed by atoms with Crippen molar-refractivity contribution in [3.8, 4) is 0 Å². The van der Waals surface area contributed by atoms with E-state index in [1.165, 1.54) is 212 Å². The lowest BCUT2D eigenvalue weighted by molar-refractivity contribution is -0.167. The molecule has 63 heavy (non-hydrogen) atoms. The Morgan fingerprint density at radius 3 is 0.794 bits per heavy atom. The molecule has 0 amide bonds. The average molecular weight is 889 g/mol. The summed E-state index contributed by atoms with van der Waals surface area (Å²) in [7, 11) is 0. The van der Waals surface area contributed by atoms with Crippen LogP contribution in [0.4, 0.5) is 0 Å². The van der Waals surface area contributed by atoms with E-state index in [1.54, 1.807) is 0 Å². The van der Waals surface area contributed by atoms with Crippen LogP contribution in [-0.2, 0) is 28.6 Å². The summed E-state index contributed by atoms with van der Waals surface area (Å²) in [4.78, 5) is 37.7. The first-order valence-electron chi connectivity index (χ1n) is 28.2. The molecule has 6 nitrogen and oxygen atoms in total. The maximum Gasteiger partial charge on any atom is 0.306 e. The molecule has 0 saturated carbocycles. The smallest absolute Gasteiger partial charge is 0.306 e. The molecule has 0 rings (SSSR count). The van der Waals surface area contributed by atoms with E-state index in [4.69, 9.17) is 14.2 Å². The lowest BCUT2D eigenvalue weighted by Crippen LogP contribution is -2.30. The summed E-state index contributed by atoms with van der Waals surface area (Å²) in [5, 5.41) is 0. The van der Waals surface area contributed by atoms with Gasteiger partial charge in [-0.3, -0.25) is 14.4 Å². The van der Waals surface area contributed by atoms with Crippen molar-refractivity contribution in [2.75, 3.05) is 13.2 Å². The second-order valence-corrected chi connectivity index (χ2v) is 19.2. The molecule has 1 unspecified atom stereocenters. The van der Waals surface area contributed by atoms with Crippen LogP contribution >= 0.6 is 0 Å². The SMILES string of the molecule is CCCCCCCCC/C=C\CCCCCCCCCC(=O)OC(COC(=O)CCCCCCC)COC(=O)CCCCCCCCCCCCCCCCCCCCCCCC. The zero-order valence-electron chi connectivity index (χ0n) is 42.6. The van der Waals surface area contributed by atoms with Gasteiger partial charge in [-0.15, -0.1) is 0 Å². The van der Waals surface area contributed by atoms with E-state index in [1.807, 2.05) is 0 Å². The van der Waals surface area contributed by atoms with E-state index in [0.717, 1.165) is 64.2 Å². The van der Waals surface area contributed by atoms with Crippen molar-refractivity contribution in [1.29, 1.82) is 0 Å². The van der Waals surface area contributed by atoms with Gasteiger partial charge in [-0.2, -0.15) is 0 Å². The first kappa shape index (κ1) is 61.1. The topological polar surface area (TPSA) is 78.9 Å². The highest BCUT2D eigenvalue weighted by atomic mass is 16.6. The maximum atomic E-state index is 12.8. The number of esters is 3. The Balaban J connectivity index is 4.05. The summed E-state index contributed by atoms with van der Waals surface area (Å²) in [5.41, 5.74) is 0. The van der Waals surface area contributed by atoms with Crippen molar-refractivity contribution in [3.05, 3.63) is 12.2 Å². The summed E-state index contributed by atoms with van der Waals surface area (Å²) in [6.07, 6.45) is 59.6. The Kier molecular flexibility index (Phi) is 51.2. The Bertz CT molecular complexity index is 978. The molecule has 0 heterocycles. The second kappa shape index (κ2) is 52.8. The van der Waals surface area contributed by atoms with Crippen LogP contribution in [0.1, 0.15) is 316 Å². The van der Waals surface area contributed by atoms with E-state index in [2.05, 4.69) is 32.9 Å². The number of rotatable bonds is 52. The predicted octanol–water partition coefficient (Wildman–Crippen LogP) is 18.5. The molecule has 0 aliphatic carbocycles. The summed E-state index contributed by atoms with van der Waals surface area (Å²) in [6.45, 7) is 6.60. The molecule has 1 atom stereocenters. The molecular formula is C57H108O6. The van der Waals surface area contributed by atoms with Crippen LogP contribution in [-0.4, -0.2) is 37.2 Å². The molecule has 0 saturated heterocycles. The molecule has 0 fully saturated rings. The van der Waals surface area contributed by atoms with Gasteiger partial charge in [0.25, 0.3) is 0 Å². The largest absolute Gasteiger partial charge is 0.462 e. The average Bonchev–Trinajstić information content (AvgIpc) is 3.28. The van der Waals surface area contributed by atoms with Gasteiger partial charge in [-0.1, -0.05) is 264 Å². The quantitative estimate of drug-likeness (QED) is 0.0262. The van der Waals surface area contributed by atoms with Crippen LogP contribution in [0.5, 0.6) is 0 Å². The number of carbonyl (C=O) groups is 3. The molecule has 0 spiro atoms. The third kappa shape index (κ3) is 51.0. The third-order valence-electron chi connectivity index (χ3n) is 12.8. The highest BCUT2D eigenvalue weighted by Gasteiger charge is 2.19. The molecule has 0 bridgehead atoms. The minimum absolute atomic E-state index is 0.0675. The zero-order valence-corrected chi connectivity index (χ0v) is 42.6. The zero-order chi connectivity index (χ0) is 45.8. The van der Waals surface area contributed by atoms with Gasteiger partial charge < -0.3 is 14.2 Å². The lowest BCUT2D eigenvalue weighted by Gasteiger charge is -2.18. The van der Waals surface area contributed by atoms with Gasteiger partial charge in [0.2, 0.25) is 0 Å². The Morgan fingerprint density at radius 2 is 0.524 bits per heavy atom. The predicted molar refractivity (Wildman–Crippen MR) is 270 cm³/mol. The first-order chi connectivity index (χ1) is 31.0. The Hall–Kier alpha value is -1.85. The fourth-order valence-corrected chi connectivity index (χ4v) is 8.50. The van der Waals surface area contributed by atoms with Crippen molar-refractivity contribution >= 4 is 17.9 Å². The summed E-state index contributed by atoms with van der Waals surface area (Å²) in [5.74, 6) is -0.867. The van der Waals surface area contributed by atoms with Crippen molar-refractivity contribution in [2.24, 2.45) is 0 Å². The van der Waals surface area contributed by atoms with Gasteiger partial charge in [-0.05, 0) is 44.9 Å². The highest BCUT2D eigenvalue weighted by molar-refractivity contribution is 5.71. The monoisotopic (exact) mass is 889 g/mol. The van der Waals surface area contributed by atoms with Crippen molar-refractivity contribution < 1.29 is 28.6 Å². The molecular weight excluding hydrogens is 781 g/mol. The maximum absolute atomic E-state index is 12.8. The molecule has 0 aromatic carbocycles. The fraction of sp³-hybridized carbons (Fsp3) is 0.912. The molecule has 6 heteroatoms. The Morgan fingerprint density at radius 1 is 0.302 bits per heavy atom. The Labute approximate surface area is 392 Å². The van der Waals surface area contributed by atoms with Gasteiger partial charge in [0.05, 0.1) is 0 Å². The molecule has 0 radical (unpaired) electrons. The first-order valence-corrected chi connectivity index (χ1v) is 28.2. The van der Waals surface area contributed by atoms with Crippen LogP contribution in [0, 0.1) is 0 Å². The summed E-state index contributed by atoms with van der Waals surface area (Å²) < 4.78 is 16.7. The second-order valence-electron chi connectivity index (χ2n) is 19.2. The number of allylic oxidation sites excluding steroid dienone is 2. The molecule has 0 aliphatic heterocycles. The van der Waals surface area contributed by atoms with Crippen LogP contribution in [0.3, 0.4) is 0 Å². The summed E-state index contributed by atoms with van der Waals surface area (Å²) in [6, 6.07) is 0. The van der Waals surface area contributed by atoms with Gasteiger partial charge in [-0.25, -0.2) is 0 Å². The number of hydrogen-bond donors (Lipinski definition) is 0. The van der Waals surface area contributed by atoms with Gasteiger partial charge in [0.1, 0.15) is 13.2 Å². The number of hydrogen-bond acceptors (Lipinski definition) is 6. The van der Waals surface area contributed by atoms with E-state index < -0.39 is 6.10 Å². The minimum atomic E-state index is -0.764. The molecule has 0 aromatic rings. The van der Waals surface area contributed by atoms with Crippen LogP contribution in [0.2, 0.25) is 0 Å². The van der Waals surface area contributed by atoms with E-state index in [-0.39, 0.29) is 31.1 Å². The highest BCUT2D eigenvalue weighted by Crippen LogP contribution is 2.17. The molecule has 0 N–H and O–H groups in total. The van der Waals surface area contributed by atoms with Crippen LogP contribution in [0.25, 0.3) is 0 Å². The van der Waals surface area contributed by atoms with Gasteiger partial charge in [0.15, 0.2) is 6.10 Å². The minimum Gasteiger partial charge on any atom is -0.462 e. The fourth-order valence-electron chi connectivity index (χ4n) is 8.50. The number of unbranched alkanes of at least 4 members (excludes halogenated alkanes) is 39. The van der Waals surface area contributed by atoms with Crippen molar-refractivity contribution in [1.82, 2.24) is 0 Å². The molecule has 0 aliphatic rings. The molecule has 372 valence electrons. The number of ether oxygens (including phenoxy) is 3. The van der Waals surface area contributed by atoms with E-state index in [0.29, 0.717) is 19.3 Å². The molecule has 0 aromatic heterocycles. The van der Waals surface area contributed by atoms with Crippen LogP contribution < -0.4 is 0 Å². The third-order valence-corrected chi connectivity index (χ3v) is 12.8. The van der Waals surface area contributed by atoms with Crippen molar-refractivity contribution in [2.45, 2.75) is 322 Å². The van der Waals surface area contributed by atoms with Gasteiger partial charge >= 0.3 is 17.9 Å². The lowest BCUT2D eigenvalue weighted by atomic mass is 10.0. The van der Waals surface area contributed by atoms with Crippen LogP contribution in [0.15, 0.2) is 12.2 Å². The number of carbonyl (C=O) groups excluding carboxylic acids is 3. The standard InChI is InChI=1S/C57H108O6/c1-4-7-10-13-15-17-19-21-23-25-27-28-29-30-32-33-35-37-39-41-44-47-50-56(59)62-53-54(52-61-55(58)49-46-43-12-9-6-3)63-57(60)51-48-45-42-40-38-36-34-31-26-24-22-20-18-16-14-11-8-5-2/h24,26,54H,4-23,25,27-53H2,1-3H3/b26-24-. The van der Waals surface area contributed by atoms with E-state index >= 15 is 0 Å². The normalized spacial score (nSPS) is 12.0. The van der Waals surface area contributed by atoms with Gasteiger partial charge in [0, 0.05) is 19.3 Å². The summed E-state index contributed by atoms with van der Waals surface area (Å²) >= 11 is 0.